The Morgan fingerprint density at radius 1 is 1.15 bits per heavy atom. The number of carbonyl (C=O) groups is 2. The molecule has 0 aliphatic rings. The van der Waals surface area contributed by atoms with Crippen LogP contribution in [0.15, 0.2) is 42.5 Å². The Morgan fingerprint density at radius 3 is 2.46 bits per heavy atom. The molecule has 0 aromatic heterocycles. The van der Waals surface area contributed by atoms with Crippen LogP contribution in [-0.4, -0.2) is 23.3 Å². The molecule has 0 aliphatic heterocycles. The Kier molecular flexibility index (Phi) is 5.86. The third kappa shape index (κ3) is 5.23. The first-order valence-electron chi connectivity index (χ1n) is 7.69. The van der Waals surface area contributed by atoms with Gasteiger partial charge in [0, 0.05) is 12.8 Å². The van der Waals surface area contributed by atoms with E-state index in [4.69, 9.17) is 0 Å². The van der Waals surface area contributed by atoms with Crippen molar-refractivity contribution in [1.29, 1.82) is 0 Å². The molecule has 0 bridgehead atoms. The van der Waals surface area contributed by atoms with Gasteiger partial charge in [-0.15, -0.1) is 13.2 Å². The molecule has 0 saturated heterocycles. The number of amides is 1. The number of aromatic carboxylic acids is 1. The van der Waals surface area contributed by atoms with Crippen LogP contribution in [0.2, 0.25) is 0 Å². The Morgan fingerprint density at radius 2 is 1.85 bits per heavy atom. The van der Waals surface area contributed by atoms with E-state index in [2.05, 4.69) is 10.1 Å². The number of nitrogens with one attached hydrogen (secondary N) is 1. The molecule has 2 aromatic carbocycles. The number of alkyl halides is 3. The fraction of sp³-hybridized carbons (Fsp3) is 0.222. The van der Waals surface area contributed by atoms with Crippen LogP contribution in [0.25, 0.3) is 0 Å². The van der Waals surface area contributed by atoms with E-state index in [0.29, 0.717) is 5.56 Å². The highest BCUT2D eigenvalue weighted by atomic mass is 19.4. The molecule has 0 spiro atoms. The van der Waals surface area contributed by atoms with E-state index in [1.165, 1.54) is 30.3 Å². The standard InChI is InChI=1S/C18H16F3NO4/c1-2-16(23)22-14-8-7-11(10-13(14)17(24)25)9-12-5-3-4-6-15(12)26-18(19,20)21/h3-8,10H,2,9H2,1H3,(H,22,23)(H,24,25). The molecule has 2 rings (SSSR count). The Labute approximate surface area is 147 Å². The summed E-state index contributed by atoms with van der Waals surface area (Å²) < 4.78 is 41.5. The molecule has 0 fully saturated rings. The molecule has 138 valence electrons. The van der Waals surface area contributed by atoms with Crippen molar-refractivity contribution in [2.24, 2.45) is 0 Å². The normalized spacial score (nSPS) is 11.1. The Balaban J connectivity index is 2.32. The number of rotatable bonds is 6. The van der Waals surface area contributed by atoms with Gasteiger partial charge >= 0.3 is 12.3 Å². The summed E-state index contributed by atoms with van der Waals surface area (Å²) >= 11 is 0. The van der Waals surface area contributed by atoms with Gasteiger partial charge in [0.25, 0.3) is 0 Å². The van der Waals surface area contributed by atoms with Gasteiger partial charge in [0.05, 0.1) is 11.3 Å². The summed E-state index contributed by atoms with van der Waals surface area (Å²) in [5.41, 5.74) is 0.716. The van der Waals surface area contributed by atoms with E-state index in [0.717, 1.165) is 0 Å². The quantitative estimate of drug-likeness (QED) is 0.801. The zero-order chi connectivity index (χ0) is 19.3. The van der Waals surface area contributed by atoms with Gasteiger partial charge in [-0.05, 0) is 29.3 Å². The van der Waals surface area contributed by atoms with Gasteiger partial charge < -0.3 is 15.2 Å². The van der Waals surface area contributed by atoms with Crippen LogP contribution in [0.3, 0.4) is 0 Å². The van der Waals surface area contributed by atoms with E-state index in [1.54, 1.807) is 19.1 Å². The summed E-state index contributed by atoms with van der Waals surface area (Å²) in [6.07, 6.45) is -4.60. The first kappa shape index (κ1) is 19.3. The van der Waals surface area contributed by atoms with E-state index < -0.39 is 12.3 Å². The summed E-state index contributed by atoms with van der Waals surface area (Å²) in [5, 5.41) is 11.8. The molecule has 5 nitrogen and oxygen atoms in total. The number of hydrogen-bond donors (Lipinski definition) is 2. The van der Waals surface area contributed by atoms with E-state index >= 15 is 0 Å². The van der Waals surface area contributed by atoms with Gasteiger partial charge in [-0.1, -0.05) is 31.2 Å². The molecule has 26 heavy (non-hydrogen) atoms. The first-order chi connectivity index (χ1) is 12.2. The molecule has 8 heteroatoms. The predicted octanol–water partition coefficient (Wildman–Crippen LogP) is 4.22. The van der Waals surface area contributed by atoms with Gasteiger partial charge in [0.1, 0.15) is 5.75 Å². The van der Waals surface area contributed by atoms with Crippen molar-refractivity contribution in [3.63, 3.8) is 0 Å². The van der Waals surface area contributed by atoms with Crippen molar-refractivity contribution in [1.82, 2.24) is 0 Å². The van der Waals surface area contributed by atoms with Crippen LogP contribution >= 0.6 is 0 Å². The van der Waals surface area contributed by atoms with Crippen molar-refractivity contribution in [3.05, 3.63) is 59.2 Å². The number of anilines is 1. The molecule has 0 unspecified atom stereocenters. The molecular formula is C18H16F3NO4. The van der Waals surface area contributed by atoms with Crippen molar-refractivity contribution < 1.29 is 32.6 Å². The average Bonchev–Trinajstić information content (AvgIpc) is 2.56. The van der Waals surface area contributed by atoms with E-state index in [-0.39, 0.29) is 41.3 Å². The number of para-hydroxylation sites is 1. The molecule has 1 amide bonds. The summed E-state index contributed by atoms with van der Waals surface area (Å²) in [6, 6.07) is 9.91. The van der Waals surface area contributed by atoms with Crippen molar-refractivity contribution >= 4 is 17.6 Å². The SMILES string of the molecule is CCC(=O)Nc1ccc(Cc2ccccc2OC(F)(F)F)cc1C(=O)O. The van der Waals surface area contributed by atoms with Crippen molar-refractivity contribution in [2.45, 2.75) is 26.1 Å². The number of ether oxygens (including phenoxy) is 1. The molecule has 2 aromatic rings. The average molecular weight is 367 g/mol. The fourth-order valence-electron chi connectivity index (χ4n) is 2.32. The number of carbonyl (C=O) groups excluding carboxylic acids is 1. The number of halogens is 3. The minimum Gasteiger partial charge on any atom is -0.478 e. The zero-order valence-electron chi connectivity index (χ0n) is 13.8. The maximum absolute atomic E-state index is 12.5. The van der Waals surface area contributed by atoms with Gasteiger partial charge in [-0.2, -0.15) is 0 Å². The monoisotopic (exact) mass is 367 g/mol. The van der Waals surface area contributed by atoms with Crippen molar-refractivity contribution in [2.75, 3.05) is 5.32 Å². The van der Waals surface area contributed by atoms with Crippen LogP contribution in [0.5, 0.6) is 5.75 Å². The largest absolute Gasteiger partial charge is 0.573 e. The van der Waals surface area contributed by atoms with E-state index in [9.17, 15) is 27.9 Å². The highest BCUT2D eigenvalue weighted by Gasteiger charge is 2.32. The smallest absolute Gasteiger partial charge is 0.478 e. The molecular weight excluding hydrogens is 351 g/mol. The van der Waals surface area contributed by atoms with Gasteiger partial charge in [0.2, 0.25) is 5.91 Å². The number of benzene rings is 2. The highest BCUT2D eigenvalue weighted by molar-refractivity contribution is 6.00. The summed E-state index contributed by atoms with van der Waals surface area (Å²) in [4.78, 5) is 22.9. The van der Waals surface area contributed by atoms with E-state index in [1.807, 2.05) is 0 Å². The maximum Gasteiger partial charge on any atom is 0.573 e. The molecule has 0 atom stereocenters. The second-order valence-electron chi connectivity index (χ2n) is 5.42. The van der Waals surface area contributed by atoms with Crippen LogP contribution in [0.4, 0.5) is 18.9 Å². The molecule has 2 N–H and O–H groups in total. The summed E-state index contributed by atoms with van der Waals surface area (Å²) in [6.45, 7) is 1.63. The lowest BCUT2D eigenvalue weighted by molar-refractivity contribution is -0.274. The number of carboxylic acids is 1. The number of hydrogen-bond acceptors (Lipinski definition) is 3. The minimum atomic E-state index is -4.82. The maximum atomic E-state index is 12.5. The minimum absolute atomic E-state index is 0.0362. The van der Waals surface area contributed by atoms with Gasteiger partial charge in [0.15, 0.2) is 0 Å². The summed E-state index contributed by atoms with van der Waals surface area (Å²) in [7, 11) is 0. The highest BCUT2D eigenvalue weighted by Crippen LogP contribution is 2.29. The molecule has 0 radical (unpaired) electrons. The van der Waals surface area contributed by atoms with Crippen LogP contribution in [-0.2, 0) is 11.2 Å². The molecule has 0 saturated carbocycles. The lowest BCUT2D eigenvalue weighted by Gasteiger charge is -2.14. The third-order valence-electron chi connectivity index (χ3n) is 3.50. The molecule has 0 aliphatic carbocycles. The van der Waals surface area contributed by atoms with Gasteiger partial charge in [-0.3, -0.25) is 4.79 Å². The topological polar surface area (TPSA) is 75.6 Å². The Hall–Kier alpha value is -3.03. The van der Waals surface area contributed by atoms with Crippen LogP contribution in [0, 0.1) is 0 Å². The van der Waals surface area contributed by atoms with Crippen LogP contribution in [0.1, 0.15) is 34.8 Å². The third-order valence-corrected chi connectivity index (χ3v) is 3.50. The predicted molar refractivity (Wildman–Crippen MR) is 88.3 cm³/mol. The van der Waals surface area contributed by atoms with Crippen molar-refractivity contribution in [3.8, 4) is 5.75 Å². The lowest BCUT2D eigenvalue weighted by atomic mass is 10.0. The summed E-state index contributed by atoms with van der Waals surface area (Å²) in [5.74, 6) is -1.94. The zero-order valence-corrected chi connectivity index (χ0v) is 13.8. The Bertz CT molecular complexity index is 818. The second-order valence-corrected chi connectivity index (χ2v) is 5.42. The second kappa shape index (κ2) is 7.90. The number of carboxylic acid groups (broad SMARTS) is 1. The fourth-order valence-corrected chi connectivity index (χ4v) is 2.32. The van der Waals surface area contributed by atoms with Gasteiger partial charge in [-0.25, -0.2) is 4.79 Å². The van der Waals surface area contributed by atoms with Crippen LogP contribution < -0.4 is 10.1 Å². The molecule has 0 heterocycles. The first-order valence-corrected chi connectivity index (χ1v) is 7.69. The lowest BCUT2D eigenvalue weighted by Crippen LogP contribution is -2.18.